The standard InChI is InChI=1S/C22H19F3N4O2S/c1-13(20-26-16-9-4-5-10-18(16)32-20)28(2)21(30)19-17(31-3)12-29(27-19)15-8-6-7-14(11-15)22(23,24)25/h4-13H,1-3H3/t13-/m0/s1. The molecule has 0 aliphatic rings. The first-order valence-corrected chi connectivity index (χ1v) is 10.4. The molecule has 0 spiro atoms. The van der Waals surface area contributed by atoms with E-state index in [1.807, 2.05) is 31.2 Å². The van der Waals surface area contributed by atoms with Crippen LogP contribution in [0, 0.1) is 0 Å². The number of aromatic nitrogens is 3. The van der Waals surface area contributed by atoms with Crippen molar-refractivity contribution in [2.45, 2.75) is 19.1 Å². The molecule has 6 nitrogen and oxygen atoms in total. The molecule has 1 amide bonds. The second-order valence-corrected chi connectivity index (χ2v) is 8.21. The van der Waals surface area contributed by atoms with Gasteiger partial charge in [0, 0.05) is 7.05 Å². The second kappa shape index (κ2) is 8.27. The van der Waals surface area contributed by atoms with Crippen LogP contribution in [0.4, 0.5) is 13.2 Å². The summed E-state index contributed by atoms with van der Waals surface area (Å²) in [6.07, 6.45) is -3.10. The molecule has 2 aromatic heterocycles. The van der Waals surface area contributed by atoms with Gasteiger partial charge in [-0.2, -0.15) is 18.3 Å². The predicted octanol–water partition coefficient (Wildman–Crippen LogP) is 5.34. The van der Waals surface area contributed by atoms with E-state index in [1.165, 1.54) is 46.4 Å². The van der Waals surface area contributed by atoms with E-state index >= 15 is 0 Å². The third-order valence-electron chi connectivity index (χ3n) is 5.11. The minimum Gasteiger partial charge on any atom is -0.493 e. The van der Waals surface area contributed by atoms with E-state index in [0.29, 0.717) is 0 Å². The first kappa shape index (κ1) is 21.8. The maximum Gasteiger partial charge on any atom is 0.416 e. The van der Waals surface area contributed by atoms with Gasteiger partial charge in [-0.1, -0.05) is 18.2 Å². The summed E-state index contributed by atoms with van der Waals surface area (Å²) in [6.45, 7) is 1.85. The lowest BCUT2D eigenvalue weighted by Crippen LogP contribution is -2.30. The van der Waals surface area contributed by atoms with Gasteiger partial charge in [0.05, 0.1) is 40.8 Å². The lowest BCUT2D eigenvalue weighted by atomic mass is 10.2. The molecule has 0 fully saturated rings. The third kappa shape index (κ3) is 4.05. The van der Waals surface area contributed by atoms with Crippen molar-refractivity contribution in [3.05, 3.63) is 71.0 Å². The van der Waals surface area contributed by atoms with Crippen molar-refractivity contribution >= 4 is 27.5 Å². The summed E-state index contributed by atoms with van der Waals surface area (Å²) in [5.74, 6) is -0.268. The third-order valence-corrected chi connectivity index (χ3v) is 6.32. The average Bonchev–Trinajstić information content (AvgIpc) is 3.41. The molecule has 166 valence electrons. The zero-order chi connectivity index (χ0) is 23.0. The number of thiazole rings is 1. The Labute approximate surface area is 185 Å². The molecule has 0 radical (unpaired) electrons. The molecule has 0 saturated carbocycles. The lowest BCUT2D eigenvalue weighted by molar-refractivity contribution is -0.137. The van der Waals surface area contributed by atoms with E-state index in [-0.39, 0.29) is 23.2 Å². The van der Waals surface area contributed by atoms with Crippen molar-refractivity contribution in [1.82, 2.24) is 19.7 Å². The molecule has 2 aromatic carbocycles. The highest BCUT2D eigenvalue weighted by atomic mass is 32.1. The molecule has 4 aromatic rings. The molecule has 0 bridgehead atoms. The molecule has 0 N–H and O–H groups in total. The number of methoxy groups -OCH3 is 1. The van der Waals surface area contributed by atoms with Crippen molar-refractivity contribution in [2.75, 3.05) is 14.2 Å². The van der Waals surface area contributed by atoms with Crippen LogP contribution in [0.5, 0.6) is 5.75 Å². The number of hydrogen-bond donors (Lipinski definition) is 0. The molecule has 32 heavy (non-hydrogen) atoms. The molecular weight excluding hydrogens is 441 g/mol. The van der Waals surface area contributed by atoms with E-state index in [9.17, 15) is 18.0 Å². The molecule has 10 heteroatoms. The van der Waals surface area contributed by atoms with Gasteiger partial charge in [-0.15, -0.1) is 11.3 Å². The molecule has 2 heterocycles. The second-order valence-electron chi connectivity index (χ2n) is 7.15. The summed E-state index contributed by atoms with van der Waals surface area (Å²) >= 11 is 1.49. The number of carbonyl (C=O) groups excluding carboxylic acids is 1. The number of ether oxygens (including phenoxy) is 1. The fourth-order valence-corrected chi connectivity index (χ4v) is 4.25. The van der Waals surface area contributed by atoms with Crippen LogP contribution in [0.3, 0.4) is 0 Å². The summed E-state index contributed by atoms with van der Waals surface area (Å²) in [6, 6.07) is 12.1. The van der Waals surface area contributed by atoms with Crippen molar-refractivity contribution in [3.8, 4) is 11.4 Å². The van der Waals surface area contributed by atoms with Crippen LogP contribution in [0.2, 0.25) is 0 Å². The quantitative estimate of drug-likeness (QED) is 0.403. The van der Waals surface area contributed by atoms with E-state index in [4.69, 9.17) is 4.74 Å². The van der Waals surface area contributed by atoms with E-state index in [0.717, 1.165) is 27.4 Å². The van der Waals surface area contributed by atoms with Gasteiger partial charge in [0.15, 0.2) is 11.4 Å². The van der Waals surface area contributed by atoms with Crippen molar-refractivity contribution in [3.63, 3.8) is 0 Å². The molecule has 1 atom stereocenters. The van der Waals surface area contributed by atoms with Gasteiger partial charge >= 0.3 is 6.18 Å². The zero-order valence-corrected chi connectivity index (χ0v) is 18.2. The summed E-state index contributed by atoms with van der Waals surface area (Å²) in [4.78, 5) is 19.3. The van der Waals surface area contributed by atoms with Gasteiger partial charge in [-0.25, -0.2) is 9.67 Å². The number of halogens is 3. The monoisotopic (exact) mass is 460 g/mol. The first-order valence-electron chi connectivity index (χ1n) is 9.63. The zero-order valence-electron chi connectivity index (χ0n) is 17.4. The fraction of sp³-hybridized carbons (Fsp3) is 0.227. The Balaban J connectivity index is 1.64. The van der Waals surface area contributed by atoms with Crippen molar-refractivity contribution < 1.29 is 22.7 Å². The minimum absolute atomic E-state index is 0.000345. The van der Waals surface area contributed by atoms with Gasteiger partial charge in [0.1, 0.15) is 5.01 Å². The maximum atomic E-state index is 13.2. The number of benzene rings is 2. The minimum atomic E-state index is -4.49. The van der Waals surface area contributed by atoms with Gasteiger partial charge in [0.25, 0.3) is 5.91 Å². The Morgan fingerprint density at radius 1 is 1.19 bits per heavy atom. The molecular formula is C22H19F3N4O2S. The lowest BCUT2D eigenvalue weighted by Gasteiger charge is -2.22. The van der Waals surface area contributed by atoms with Crippen molar-refractivity contribution in [1.29, 1.82) is 0 Å². The van der Waals surface area contributed by atoms with Gasteiger partial charge < -0.3 is 9.64 Å². The van der Waals surface area contributed by atoms with Crippen LogP contribution in [-0.2, 0) is 6.18 Å². The first-order chi connectivity index (χ1) is 15.2. The smallest absolute Gasteiger partial charge is 0.416 e. The number of fused-ring (bicyclic) bond motifs is 1. The highest BCUT2D eigenvalue weighted by molar-refractivity contribution is 7.18. The Bertz CT molecular complexity index is 1250. The summed E-state index contributed by atoms with van der Waals surface area (Å²) in [5, 5.41) is 4.99. The Hall–Kier alpha value is -3.40. The number of rotatable bonds is 5. The van der Waals surface area contributed by atoms with Gasteiger partial charge in [-0.3, -0.25) is 4.79 Å². The highest BCUT2D eigenvalue weighted by Gasteiger charge is 2.31. The number of nitrogens with zero attached hydrogens (tertiary/aromatic N) is 4. The Kier molecular flexibility index (Phi) is 5.64. The van der Waals surface area contributed by atoms with E-state index in [1.54, 1.807) is 7.05 Å². The van der Waals surface area contributed by atoms with Crippen LogP contribution >= 0.6 is 11.3 Å². The van der Waals surface area contributed by atoms with Crippen LogP contribution < -0.4 is 4.74 Å². The number of amides is 1. The molecule has 0 aliphatic carbocycles. The van der Waals surface area contributed by atoms with Gasteiger partial charge in [-0.05, 0) is 37.3 Å². The van der Waals surface area contributed by atoms with Crippen LogP contribution in [0.1, 0.15) is 34.0 Å². The maximum absolute atomic E-state index is 13.2. The van der Waals surface area contributed by atoms with Crippen LogP contribution in [-0.4, -0.2) is 39.7 Å². The van der Waals surface area contributed by atoms with Crippen molar-refractivity contribution in [2.24, 2.45) is 0 Å². The summed E-state index contributed by atoms with van der Waals surface area (Å²) in [7, 11) is 3.00. The van der Waals surface area contributed by atoms with Gasteiger partial charge in [0.2, 0.25) is 0 Å². The SMILES string of the molecule is COc1cn(-c2cccc(C(F)(F)F)c2)nc1C(=O)N(C)[C@@H](C)c1nc2ccccc2s1. The molecule has 0 aliphatic heterocycles. The molecule has 0 saturated heterocycles. The summed E-state index contributed by atoms with van der Waals surface area (Å²) < 4.78 is 46.7. The highest BCUT2D eigenvalue weighted by Crippen LogP contribution is 2.32. The number of carbonyl (C=O) groups is 1. The molecule has 4 rings (SSSR count). The van der Waals surface area contributed by atoms with Crippen LogP contribution in [0.15, 0.2) is 54.7 Å². The van der Waals surface area contributed by atoms with E-state index < -0.39 is 17.6 Å². The predicted molar refractivity (Wildman–Crippen MR) is 115 cm³/mol. The topological polar surface area (TPSA) is 60.3 Å². The fourth-order valence-electron chi connectivity index (χ4n) is 3.19. The van der Waals surface area contributed by atoms with Crippen LogP contribution in [0.25, 0.3) is 15.9 Å². The summed E-state index contributed by atoms with van der Waals surface area (Å²) in [5.41, 5.74) is 0.213. The average molecular weight is 460 g/mol. The largest absolute Gasteiger partial charge is 0.493 e. The Morgan fingerprint density at radius 3 is 2.62 bits per heavy atom. The number of alkyl halides is 3. The van der Waals surface area contributed by atoms with E-state index in [2.05, 4.69) is 10.1 Å². The Morgan fingerprint density at radius 2 is 1.94 bits per heavy atom. The molecule has 0 unspecified atom stereocenters. The number of hydrogen-bond acceptors (Lipinski definition) is 5. The normalized spacial score (nSPS) is 12.7. The number of para-hydroxylation sites is 1.